The second-order valence-corrected chi connectivity index (χ2v) is 9.31. The molecule has 2 aromatic rings. The highest BCUT2D eigenvalue weighted by Gasteiger charge is 2.47. The van der Waals surface area contributed by atoms with Gasteiger partial charge in [0, 0.05) is 32.1 Å². The molecule has 1 aliphatic carbocycles. The summed E-state index contributed by atoms with van der Waals surface area (Å²) in [6, 6.07) is 12.8. The number of hydrogen-bond donors (Lipinski definition) is 0. The van der Waals surface area contributed by atoms with Crippen LogP contribution in [0.2, 0.25) is 0 Å². The van der Waals surface area contributed by atoms with Gasteiger partial charge in [-0.25, -0.2) is 12.8 Å². The number of amides is 1. The van der Waals surface area contributed by atoms with Gasteiger partial charge in [0.15, 0.2) is 0 Å². The highest BCUT2D eigenvalue weighted by atomic mass is 32.2. The monoisotopic (exact) mass is 418 g/mol. The van der Waals surface area contributed by atoms with Crippen molar-refractivity contribution in [2.45, 2.75) is 17.2 Å². The molecule has 2 unspecified atom stereocenters. The standard InChI is InChI=1S/C21H23FN2O4S/c1-28-15-6-8-16(9-7-15)29(26,27)24-12-10-23(11-13-24)21(25)19-14-18(19)17-4-2-3-5-20(17)22/h2-9,18-19H,10-14H2,1H3. The molecule has 0 aromatic heterocycles. The fraction of sp³-hybridized carbons (Fsp3) is 0.381. The summed E-state index contributed by atoms with van der Waals surface area (Å²) in [4.78, 5) is 14.7. The smallest absolute Gasteiger partial charge is 0.243 e. The summed E-state index contributed by atoms with van der Waals surface area (Å²) in [6.07, 6.45) is 0.643. The normalized spacial score (nSPS) is 22.3. The summed E-state index contributed by atoms with van der Waals surface area (Å²) in [5, 5.41) is 0. The van der Waals surface area contributed by atoms with Crippen molar-refractivity contribution in [3.05, 3.63) is 59.9 Å². The zero-order chi connectivity index (χ0) is 20.6. The number of halogens is 1. The van der Waals surface area contributed by atoms with E-state index < -0.39 is 10.0 Å². The Kier molecular flexibility index (Phi) is 5.31. The number of nitrogens with zero attached hydrogens (tertiary/aromatic N) is 2. The van der Waals surface area contributed by atoms with Gasteiger partial charge in [-0.15, -0.1) is 0 Å². The Morgan fingerprint density at radius 3 is 2.31 bits per heavy atom. The fourth-order valence-electron chi connectivity index (χ4n) is 3.87. The van der Waals surface area contributed by atoms with Crippen LogP contribution in [0.4, 0.5) is 4.39 Å². The number of ether oxygens (including phenoxy) is 1. The van der Waals surface area contributed by atoms with Gasteiger partial charge in [-0.3, -0.25) is 4.79 Å². The van der Waals surface area contributed by atoms with E-state index in [2.05, 4.69) is 0 Å². The predicted octanol–water partition coefficient (Wildman–Crippen LogP) is 2.47. The quantitative estimate of drug-likeness (QED) is 0.748. The molecular formula is C21H23FN2O4S. The molecule has 6 nitrogen and oxygen atoms in total. The number of rotatable bonds is 5. The number of piperazine rings is 1. The molecule has 0 spiro atoms. The Balaban J connectivity index is 1.37. The Bertz CT molecular complexity index is 1000. The van der Waals surface area contributed by atoms with Gasteiger partial charge in [0.1, 0.15) is 11.6 Å². The first kappa shape index (κ1) is 19.8. The highest BCUT2D eigenvalue weighted by Crippen LogP contribution is 2.49. The summed E-state index contributed by atoms with van der Waals surface area (Å²) < 4.78 is 46.1. The third-order valence-electron chi connectivity index (χ3n) is 5.66. The molecule has 0 N–H and O–H groups in total. The van der Waals surface area contributed by atoms with Gasteiger partial charge in [-0.2, -0.15) is 4.31 Å². The summed E-state index contributed by atoms with van der Waals surface area (Å²) in [7, 11) is -2.09. The van der Waals surface area contributed by atoms with E-state index in [4.69, 9.17) is 4.74 Å². The van der Waals surface area contributed by atoms with Gasteiger partial charge in [-0.1, -0.05) is 18.2 Å². The number of benzene rings is 2. The van der Waals surface area contributed by atoms with Crippen molar-refractivity contribution in [3.63, 3.8) is 0 Å². The highest BCUT2D eigenvalue weighted by molar-refractivity contribution is 7.89. The number of methoxy groups -OCH3 is 1. The predicted molar refractivity (Wildman–Crippen MR) is 106 cm³/mol. The van der Waals surface area contributed by atoms with E-state index in [0.717, 1.165) is 0 Å². The average molecular weight is 418 g/mol. The SMILES string of the molecule is COc1ccc(S(=O)(=O)N2CCN(C(=O)C3CC3c3ccccc3F)CC2)cc1. The van der Waals surface area contributed by atoms with Gasteiger partial charge in [0.2, 0.25) is 15.9 Å². The summed E-state index contributed by atoms with van der Waals surface area (Å²) >= 11 is 0. The zero-order valence-corrected chi connectivity index (χ0v) is 16.9. The largest absolute Gasteiger partial charge is 0.497 e. The third kappa shape index (κ3) is 3.86. The lowest BCUT2D eigenvalue weighted by Gasteiger charge is -2.34. The molecule has 1 aliphatic heterocycles. The van der Waals surface area contributed by atoms with Crippen molar-refractivity contribution in [3.8, 4) is 5.75 Å². The first-order valence-corrected chi connectivity index (χ1v) is 11.0. The van der Waals surface area contributed by atoms with Crippen LogP contribution in [-0.4, -0.2) is 56.8 Å². The topological polar surface area (TPSA) is 66.9 Å². The van der Waals surface area contributed by atoms with E-state index in [0.29, 0.717) is 30.8 Å². The van der Waals surface area contributed by atoms with E-state index in [9.17, 15) is 17.6 Å². The van der Waals surface area contributed by atoms with Crippen LogP contribution in [-0.2, 0) is 14.8 Å². The van der Waals surface area contributed by atoms with Crippen molar-refractivity contribution in [2.75, 3.05) is 33.3 Å². The van der Waals surface area contributed by atoms with Crippen LogP contribution in [0.3, 0.4) is 0 Å². The Hall–Kier alpha value is -2.45. The van der Waals surface area contributed by atoms with Crippen molar-refractivity contribution >= 4 is 15.9 Å². The van der Waals surface area contributed by atoms with Crippen LogP contribution in [0.15, 0.2) is 53.4 Å². The second kappa shape index (κ2) is 7.76. The molecule has 2 aliphatic rings. The van der Waals surface area contributed by atoms with Gasteiger partial charge in [0.05, 0.1) is 12.0 Å². The molecule has 0 bridgehead atoms. The molecule has 1 amide bonds. The Labute approximate surface area is 169 Å². The zero-order valence-electron chi connectivity index (χ0n) is 16.1. The van der Waals surface area contributed by atoms with Crippen LogP contribution in [0.25, 0.3) is 0 Å². The first-order chi connectivity index (χ1) is 13.9. The third-order valence-corrected chi connectivity index (χ3v) is 7.57. The second-order valence-electron chi connectivity index (χ2n) is 7.38. The molecule has 1 heterocycles. The van der Waals surface area contributed by atoms with Gasteiger partial charge in [-0.05, 0) is 48.2 Å². The fourth-order valence-corrected chi connectivity index (χ4v) is 5.29. The molecule has 154 valence electrons. The summed E-state index contributed by atoms with van der Waals surface area (Å²) in [6.45, 7) is 1.18. The van der Waals surface area contributed by atoms with Crippen molar-refractivity contribution in [1.82, 2.24) is 9.21 Å². The number of carbonyl (C=O) groups is 1. The molecule has 2 atom stereocenters. The first-order valence-electron chi connectivity index (χ1n) is 9.59. The molecule has 1 saturated heterocycles. The number of hydrogen-bond acceptors (Lipinski definition) is 4. The van der Waals surface area contributed by atoms with E-state index in [1.54, 1.807) is 35.2 Å². The lowest BCUT2D eigenvalue weighted by atomic mass is 10.1. The maximum atomic E-state index is 13.9. The molecule has 1 saturated carbocycles. The average Bonchev–Trinajstić information content (AvgIpc) is 3.54. The maximum Gasteiger partial charge on any atom is 0.243 e. The van der Waals surface area contributed by atoms with Crippen LogP contribution in [0.1, 0.15) is 17.9 Å². The molecule has 29 heavy (non-hydrogen) atoms. The van der Waals surface area contributed by atoms with Gasteiger partial charge >= 0.3 is 0 Å². The summed E-state index contributed by atoms with van der Waals surface area (Å²) in [5.41, 5.74) is 0.589. The lowest BCUT2D eigenvalue weighted by molar-refractivity contribution is -0.133. The lowest BCUT2D eigenvalue weighted by Crippen LogP contribution is -2.51. The van der Waals surface area contributed by atoms with Crippen molar-refractivity contribution in [1.29, 1.82) is 0 Å². The minimum atomic E-state index is -3.61. The molecule has 2 aromatic carbocycles. The molecular weight excluding hydrogens is 395 g/mol. The Morgan fingerprint density at radius 1 is 1.03 bits per heavy atom. The van der Waals surface area contributed by atoms with Crippen LogP contribution in [0.5, 0.6) is 5.75 Å². The molecule has 8 heteroatoms. The van der Waals surface area contributed by atoms with Crippen LogP contribution >= 0.6 is 0 Å². The molecule has 4 rings (SSSR count). The number of sulfonamides is 1. The van der Waals surface area contributed by atoms with Gasteiger partial charge in [0.25, 0.3) is 0 Å². The maximum absolute atomic E-state index is 13.9. The molecule has 0 radical (unpaired) electrons. The van der Waals surface area contributed by atoms with Gasteiger partial charge < -0.3 is 9.64 Å². The van der Waals surface area contributed by atoms with Crippen LogP contribution < -0.4 is 4.74 Å². The minimum absolute atomic E-state index is 0.0141. The summed E-state index contributed by atoms with van der Waals surface area (Å²) in [5.74, 6) is 0.0116. The van der Waals surface area contributed by atoms with Crippen molar-refractivity contribution < 1.29 is 22.3 Å². The van der Waals surface area contributed by atoms with E-state index >= 15 is 0 Å². The van der Waals surface area contributed by atoms with E-state index in [1.165, 1.54) is 29.6 Å². The molecule has 2 fully saturated rings. The van der Waals surface area contributed by atoms with Crippen LogP contribution in [0, 0.1) is 11.7 Å². The Morgan fingerprint density at radius 2 is 1.69 bits per heavy atom. The number of carbonyl (C=O) groups excluding carboxylic acids is 1. The van der Waals surface area contributed by atoms with E-state index in [1.807, 2.05) is 0 Å². The van der Waals surface area contributed by atoms with E-state index in [-0.39, 0.29) is 41.5 Å². The van der Waals surface area contributed by atoms with Crippen molar-refractivity contribution in [2.24, 2.45) is 5.92 Å². The minimum Gasteiger partial charge on any atom is -0.497 e.